The number of sulfonamides is 1. The molecule has 236 valence electrons. The molecule has 10 heteroatoms. The van der Waals surface area contributed by atoms with Crippen LogP contribution in [0.15, 0.2) is 112 Å². The highest BCUT2D eigenvalue weighted by Gasteiger charge is 2.35. The van der Waals surface area contributed by atoms with Gasteiger partial charge >= 0.3 is 0 Å². The number of carbonyl (C=O) groups is 2. The Balaban J connectivity index is 1.81. The Morgan fingerprint density at radius 1 is 0.867 bits per heavy atom. The van der Waals surface area contributed by atoms with Crippen LogP contribution in [0, 0.1) is 12.7 Å². The molecule has 0 aliphatic heterocycles. The van der Waals surface area contributed by atoms with Crippen LogP contribution in [0.3, 0.4) is 0 Å². The van der Waals surface area contributed by atoms with E-state index < -0.39 is 39.9 Å². The minimum absolute atomic E-state index is 0.0473. The van der Waals surface area contributed by atoms with Gasteiger partial charge in [0.05, 0.1) is 10.6 Å². The van der Waals surface area contributed by atoms with Gasteiger partial charge < -0.3 is 10.2 Å². The molecule has 0 aliphatic carbocycles. The zero-order valence-corrected chi connectivity index (χ0v) is 28.1. The van der Waals surface area contributed by atoms with Crippen molar-refractivity contribution in [2.75, 3.05) is 10.8 Å². The Morgan fingerprint density at radius 2 is 1.49 bits per heavy atom. The summed E-state index contributed by atoms with van der Waals surface area (Å²) in [6.07, 6.45) is 0.206. The zero-order valence-electron chi connectivity index (χ0n) is 25.7. The third-order valence-electron chi connectivity index (χ3n) is 7.01. The molecule has 0 unspecified atom stereocenters. The van der Waals surface area contributed by atoms with E-state index >= 15 is 0 Å². The molecule has 0 saturated heterocycles. The highest BCUT2D eigenvalue weighted by molar-refractivity contribution is 9.10. The van der Waals surface area contributed by atoms with E-state index in [4.69, 9.17) is 0 Å². The van der Waals surface area contributed by atoms with Gasteiger partial charge in [0, 0.05) is 23.0 Å². The average molecular weight is 695 g/mol. The van der Waals surface area contributed by atoms with Crippen LogP contribution in [-0.2, 0) is 32.6 Å². The smallest absolute Gasteiger partial charge is 0.264 e. The largest absolute Gasteiger partial charge is 0.350 e. The lowest BCUT2D eigenvalue weighted by Gasteiger charge is -2.35. The first kappa shape index (κ1) is 33.9. The molecular formula is C35H37BrFN3O4S. The van der Waals surface area contributed by atoms with Crippen LogP contribution in [-0.4, -0.2) is 43.3 Å². The van der Waals surface area contributed by atoms with Crippen LogP contribution < -0.4 is 9.62 Å². The molecule has 4 aromatic rings. The standard InChI is InChI=1S/C35H37BrFN3O4S/c1-25-13-17-30(18-14-25)40(45(43,44)31-19-15-29(37)16-20-31)24-33(41)39(23-27-11-8-12-28(36)21-27)32(34(42)38-35(2,3)4)22-26-9-6-5-7-10-26/h5-21,32H,22-24H2,1-4H3,(H,38,42)/t32-/m1/s1. The van der Waals surface area contributed by atoms with Gasteiger partial charge in [-0.2, -0.15) is 0 Å². The van der Waals surface area contributed by atoms with Crippen LogP contribution in [0.1, 0.15) is 37.5 Å². The maximum absolute atomic E-state index is 14.5. The minimum atomic E-state index is -4.31. The van der Waals surface area contributed by atoms with Crippen LogP contribution in [0.2, 0.25) is 0 Å². The normalized spacial score (nSPS) is 12.3. The van der Waals surface area contributed by atoms with Crippen molar-refractivity contribution in [2.45, 2.75) is 57.1 Å². The summed E-state index contributed by atoms with van der Waals surface area (Å²) in [6, 6.07) is 27.0. The van der Waals surface area contributed by atoms with Crippen molar-refractivity contribution >= 4 is 43.5 Å². The van der Waals surface area contributed by atoms with Gasteiger partial charge in [0.15, 0.2) is 0 Å². The molecule has 0 aromatic heterocycles. The van der Waals surface area contributed by atoms with Crippen molar-refractivity contribution in [3.8, 4) is 0 Å². The number of benzene rings is 4. The third-order valence-corrected chi connectivity index (χ3v) is 9.30. The zero-order chi connectivity index (χ0) is 32.8. The van der Waals surface area contributed by atoms with Crippen molar-refractivity contribution in [2.24, 2.45) is 0 Å². The third kappa shape index (κ3) is 9.25. The van der Waals surface area contributed by atoms with Crippen molar-refractivity contribution in [3.63, 3.8) is 0 Å². The van der Waals surface area contributed by atoms with Crippen molar-refractivity contribution in [3.05, 3.63) is 130 Å². The number of amides is 2. The minimum Gasteiger partial charge on any atom is -0.350 e. The van der Waals surface area contributed by atoms with E-state index in [9.17, 15) is 22.4 Å². The predicted molar refractivity (Wildman–Crippen MR) is 179 cm³/mol. The molecule has 0 spiro atoms. The van der Waals surface area contributed by atoms with Gasteiger partial charge in [-0.3, -0.25) is 13.9 Å². The molecule has 1 atom stereocenters. The molecule has 0 aliphatic rings. The number of aryl methyl sites for hydroxylation is 1. The Bertz CT molecular complexity index is 1730. The van der Waals surface area contributed by atoms with E-state index in [0.717, 1.165) is 37.6 Å². The summed E-state index contributed by atoms with van der Waals surface area (Å²) in [4.78, 5) is 29.7. The Morgan fingerprint density at radius 3 is 2.09 bits per heavy atom. The second kappa shape index (κ2) is 14.4. The van der Waals surface area contributed by atoms with Crippen LogP contribution in [0.25, 0.3) is 0 Å². The number of hydrogen-bond acceptors (Lipinski definition) is 4. The highest BCUT2D eigenvalue weighted by Crippen LogP contribution is 2.26. The molecule has 7 nitrogen and oxygen atoms in total. The van der Waals surface area contributed by atoms with Gasteiger partial charge in [0.25, 0.3) is 10.0 Å². The number of nitrogens with one attached hydrogen (secondary N) is 1. The quantitative estimate of drug-likeness (QED) is 0.191. The van der Waals surface area contributed by atoms with Crippen molar-refractivity contribution in [1.82, 2.24) is 10.2 Å². The summed E-state index contributed by atoms with van der Waals surface area (Å²) in [7, 11) is -4.31. The number of nitrogens with zero attached hydrogens (tertiary/aromatic N) is 2. The molecule has 4 aromatic carbocycles. The molecule has 0 bridgehead atoms. The number of halogens is 2. The maximum Gasteiger partial charge on any atom is 0.264 e. The van der Waals surface area contributed by atoms with Crippen molar-refractivity contribution < 1.29 is 22.4 Å². The molecule has 4 rings (SSSR count). The summed E-state index contributed by atoms with van der Waals surface area (Å²) in [5.41, 5.74) is 2.17. The molecule has 2 amide bonds. The lowest BCUT2D eigenvalue weighted by atomic mass is 10.0. The second-order valence-electron chi connectivity index (χ2n) is 11.9. The van der Waals surface area contributed by atoms with E-state index in [-0.39, 0.29) is 29.5 Å². The summed E-state index contributed by atoms with van der Waals surface area (Å²) in [5, 5.41) is 3.02. The summed E-state index contributed by atoms with van der Waals surface area (Å²) in [6.45, 7) is 6.91. The van der Waals surface area contributed by atoms with Gasteiger partial charge in [-0.25, -0.2) is 12.8 Å². The summed E-state index contributed by atoms with van der Waals surface area (Å²) in [5.74, 6) is -1.52. The van der Waals surface area contributed by atoms with E-state index in [2.05, 4.69) is 21.2 Å². The van der Waals surface area contributed by atoms with Gasteiger partial charge in [0.2, 0.25) is 11.8 Å². The number of anilines is 1. The first-order chi connectivity index (χ1) is 21.2. The van der Waals surface area contributed by atoms with Gasteiger partial charge in [-0.05, 0) is 87.4 Å². The molecule has 0 saturated carbocycles. The molecule has 0 heterocycles. The molecule has 0 radical (unpaired) electrons. The van der Waals surface area contributed by atoms with Gasteiger partial charge in [0.1, 0.15) is 18.4 Å². The molecule has 0 fully saturated rings. The van der Waals surface area contributed by atoms with E-state index in [1.807, 2.05) is 82.3 Å². The Labute approximate surface area is 273 Å². The Kier molecular flexibility index (Phi) is 10.8. The predicted octanol–water partition coefficient (Wildman–Crippen LogP) is 6.65. The summed E-state index contributed by atoms with van der Waals surface area (Å²) >= 11 is 3.49. The van der Waals surface area contributed by atoms with Crippen LogP contribution >= 0.6 is 15.9 Å². The number of hydrogen-bond donors (Lipinski definition) is 1. The average Bonchev–Trinajstić information content (AvgIpc) is 2.98. The van der Waals surface area contributed by atoms with Crippen LogP contribution in [0.4, 0.5) is 10.1 Å². The Hall–Kier alpha value is -4.02. The van der Waals surface area contributed by atoms with Crippen molar-refractivity contribution in [1.29, 1.82) is 0 Å². The van der Waals surface area contributed by atoms with E-state index in [0.29, 0.717) is 0 Å². The molecule has 45 heavy (non-hydrogen) atoms. The first-order valence-electron chi connectivity index (χ1n) is 14.5. The molecule has 1 N–H and O–H groups in total. The summed E-state index contributed by atoms with van der Waals surface area (Å²) < 4.78 is 43.6. The van der Waals surface area contributed by atoms with E-state index in [1.54, 1.807) is 24.3 Å². The van der Waals surface area contributed by atoms with E-state index in [1.165, 1.54) is 17.0 Å². The van der Waals surface area contributed by atoms with Gasteiger partial charge in [-0.15, -0.1) is 0 Å². The SMILES string of the molecule is Cc1ccc(N(CC(=O)N(Cc2cccc(Br)c2)[C@H](Cc2ccccc2)C(=O)NC(C)(C)C)S(=O)(=O)c2ccc(F)cc2)cc1. The number of rotatable bonds is 11. The first-order valence-corrected chi connectivity index (χ1v) is 16.7. The van der Waals surface area contributed by atoms with Crippen LogP contribution in [0.5, 0.6) is 0 Å². The molecular weight excluding hydrogens is 657 g/mol. The fourth-order valence-electron chi connectivity index (χ4n) is 4.81. The lowest BCUT2D eigenvalue weighted by molar-refractivity contribution is -0.140. The van der Waals surface area contributed by atoms with Gasteiger partial charge in [-0.1, -0.05) is 76.1 Å². The fourth-order valence-corrected chi connectivity index (χ4v) is 6.67. The maximum atomic E-state index is 14.5. The lowest BCUT2D eigenvalue weighted by Crippen LogP contribution is -2.56. The monoisotopic (exact) mass is 693 g/mol. The second-order valence-corrected chi connectivity index (χ2v) is 14.7. The topological polar surface area (TPSA) is 86.8 Å². The highest BCUT2D eigenvalue weighted by atomic mass is 79.9. The number of carbonyl (C=O) groups excluding carboxylic acids is 2. The fraction of sp³-hybridized carbons (Fsp3) is 0.257.